The van der Waals surface area contributed by atoms with Gasteiger partial charge in [0.15, 0.2) is 0 Å². The van der Waals surface area contributed by atoms with Gasteiger partial charge >= 0.3 is 5.97 Å². The zero-order valence-corrected chi connectivity index (χ0v) is 16.6. The van der Waals surface area contributed by atoms with E-state index in [9.17, 15) is 9.59 Å². The number of aromatic nitrogens is 1. The Morgan fingerprint density at radius 1 is 1.14 bits per heavy atom. The SMILES string of the molecule is CCOC(=O)c1cccc(NC(=O)c2c(-c3c(Cl)cccc3Cl)noc2C)c1. The van der Waals surface area contributed by atoms with E-state index in [0.29, 0.717) is 32.6 Å². The summed E-state index contributed by atoms with van der Waals surface area (Å²) < 4.78 is 10.2. The Bertz CT molecular complexity index is 1030. The first-order valence-corrected chi connectivity index (χ1v) is 9.17. The maximum absolute atomic E-state index is 12.9. The number of hydrogen-bond donors (Lipinski definition) is 1. The molecule has 0 atom stereocenters. The van der Waals surface area contributed by atoms with Crippen molar-refractivity contribution in [1.29, 1.82) is 0 Å². The Kier molecular flexibility index (Phi) is 6.02. The molecule has 1 aromatic heterocycles. The maximum atomic E-state index is 12.9. The highest BCUT2D eigenvalue weighted by Gasteiger charge is 2.25. The number of carbonyl (C=O) groups excluding carboxylic acids is 2. The summed E-state index contributed by atoms with van der Waals surface area (Å²) >= 11 is 12.5. The molecule has 0 spiro atoms. The van der Waals surface area contributed by atoms with Gasteiger partial charge in [0.05, 0.1) is 22.2 Å². The lowest BCUT2D eigenvalue weighted by Gasteiger charge is -2.09. The zero-order chi connectivity index (χ0) is 20.3. The number of carbonyl (C=O) groups is 2. The lowest BCUT2D eigenvalue weighted by molar-refractivity contribution is 0.0526. The monoisotopic (exact) mass is 418 g/mol. The number of esters is 1. The topological polar surface area (TPSA) is 81.4 Å². The molecule has 3 rings (SSSR count). The van der Waals surface area contributed by atoms with Crippen LogP contribution in [0, 0.1) is 6.92 Å². The average molecular weight is 419 g/mol. The molecule has 1 N–H and O–H groups in total. The molecule has 1 amide bonds. The Labute approximate surface area is 171 Å². The Hall–Kier alpha value is -2.83. The molecule has 0 bridgehead atoms. The molecule has 0 radical (unpaired) electrons. The first-order valence-electron chi connectivity index (χ1n) is 8.41. The van der Waals surface area contributed by atoms with E-state index in [2.05, 4.69) is 10.5 Å². The van der Waals surface area contributed by atoms with Crippen LogP contribution in [0.3, 0.4) is 0 Å². The van der Waals surface area contributed by atoms with E-state index < -0.39 is 11.9 Å². The van der Waals surface area contributed by atoms with Gasteiger partial charge in [-0.15, -0.1) is 0 Å². The summed E-state index contributed by atoms with van der Waals surface area (Å²) in [4.78, 5) is 24.8. The van der Waals surface area contributed by atoms with Crippen molar-refractivity contribution < 1.29 is 18.8 Å². The summed E-state index contributed by atoms with van der Waals surface area (Å²) in [6.07, 6.45) is 0. The molecule has 2 aromatic carbocycles. The molecule has 6 nitrogen and oxygen atoms in total. The molecule has 0 aliphatic heterocycles. The van der Waals surface area contributed by atoms with Crippen molar-refractivity contribution in [3.05, 3.63) is 69.4 Å². The third-order valence-electron chi connectivity index (χ3n) is 3.92. The van der Waals surface area contributed by atoms with Crippen molar-refractivity contribution in [3.8, 4) is 11.3 Å². The van der Waals surface area contributed by atoms with Crippen LogP contribution in [0.1, 0.15) is 33.4 Å². The number of anilines is 1. The van der Waals surface area contributed by atoms with Gasteiger partial charge in [-0.1, -0.05) is 40.5 Å². The molecule has 144 valence electrons. The van der Waals surface area contributed by atoms with E-state index in [4.69, 9.17) is 32.5 Å². The smallest absolute Gasteiger partial charge is 0.338 e. The average Bonchev–Trinajstić information content (AvgIpc) is 3.03. The summed E-state index contributed by atoms with van der Waals surface area (Å²) in [6, 6.07) is 11.4. The molecule has 0 fully saturated rings. The van der Waals surface area contributed by atoms with E-state index in [1.807, 2.05) is 0 Å². The zero-order valence-electron chi connectivity index (χ0n) is 15.1. The van der Waals surface area contributed by atoms with Crippen LogP contribution in [0.25, 0.3) is 11.3 Å². The molecule has 28 heavy (non-hydrogen) atoms. The third-order valence-corrected chi connectivity index (χ3v) is 4.55. The van der Waals surface area contributed by atoms with Gasteiger partial charge in [-0.3, -0.25) is 4.79 Å². The van der Waals surface area contributed by atoms with Gasteiger partial charge in [0.25, 0.3) is 5.91 Å². The minimum atomic E-state index is -0.469. The highest BCUT2D eigenvalue weighted by Crippen LogP contribution is 2.37. The first-order chi connectivity index (χ1) is 13.4. The Morgan fingerprint density at radius 2 is 1.82 bits per heavy atom. The van der Waals surface area contributed by atoms with Crippen LogP contribution in [-0.4, -0.2) is 23.6 Å². The van der Waals surface area contributed by atoms with Crippen LogP contribution in [0.5, 0.6) is 0 Å². The molecule has 3 aromatic rings. The van der Waals surface area contributed by atoms with Crippen molar-refractivity contribution in [2.24, 2.45) is 0 Å². The summed E-state index contributed by atoms with van der Waals surface area (Å²) in [7, 11) is 0. The van der Waals surface area contributed by atoms with Gasteiger partial charge in [-0.25, -0.2) is 4.79 Å². The summed E-state index contributed by atoms with van der Waals surface area (Å²) in [6.45, 7) is 3.60. The number of amides is 1. The van der Waals surface area contributed by atoms with Gasteiger partial charge in [0.2, 0.25) is 0 Å². The van der Waals surface area contributed by atoms with Gasteiger partial charge < -0.3 is 14.6 Å². The second-order valence-corrected chi connectivity index (χ2v) is 6.63. The van der Waals surface area contributed by atoms with Crippen LogP contribution in [-0.2, 0) is 4.74 Å². The fourth-order valence-corrected chi connectivity index (χ4v) is 3.24. The second-order valence-electron chi connectivity index (χ2n) is 5.81. The first kappa shape index (κ1) is 19.9. The van der Waals surface area contributed by atoms with Crippen LogP contribution >= 0.6 is 23.2 Å². The number of aryl methyl sites for hydroxylation is 1. The largest absolute Gasteiger partial charge is 0.462 e. The van der Waals surface area contributed by atoms with Crippen LogP contribution < -0.4 is 5.32 Å². The lowest BCUT2D eigenvalue weighted by atomic mass is 10.1. The van der Waals surface area contributed by atoms with Gasteiger partial charge in [-0.2, -0.15) is 0 Å². The molecule has 0 unspecified atom stereocenters. The summed E-state index contributed by atoms with van der Waals surface area (Å²) in [5.41, 5.74) is 1.61. The van der Waals surface area contributed by atoms with Crippen LogP contribution in [0.4, 0.5) is 5.69 Å². The Morgan fingerprint density at radius 3 is 2.50 bits per heavy atom. The molecule has 0 aliphatic rings. The third kappa shape index (κ3) is 4.03. The maximum Gasteiger partial charge on any atom is 0.338 e. The highest BCUT2D eigenvalue weighted by molar-refractivity contribution is 6.39. The minimum absolute atomic E-state index is 0.205. The number of hydrogen-bond acceptors (Lipinski definition) is 5. The lowest BCUT2D eigenvalue weighted by Crippen LogP contribution is -2.14. The van der Waals surface area contributed by atoms with Crippen molar-refractivity contribution in [2.45, 2.75) is 13.8 Å². The fourth-order valence-electron chi connectivity index (χ4n) is 2.67. The molecular weight excluding hydrogens is 403 g/mol. The molecule has 0 aliphatic carbocycles. The normalized spacial score (nSPS) is 10.6. The highest BCUT2D eigenvalue weighted by atomic mass is 35.5. The predicted octanol–water partition coefficient (Wildman–Crippen LogP) is 5.39. The number of nitrogens with zero attached hydrogens (tertiary/aromatic N) is 1. The number of rotatable bonds is 5. The van der Waals surface area contributed by atoms with E-state index in [-0.39, 0.29) is 17.9 Å². The molecule has 8 heteroatoms. The molecule has 0 saturated heterocycles. The van der Waals surface area contributed by atoms with E-state index in [0.717, 1.165) is 0 Å². The number of nitrogens with one attached hydrogen (secondary N) is 1. The van der Waals surface area contributed by atoms with Gasteiger partial charge in [-0.05, 0) is 44.2 Å². The second kappa shape index (κ2) is 8.46. The minimum Gasteiger partial charge on any atom is -0.462 e. The van der Waals surface area contributed by atoms with Crippen LogP contribution in [0.15, 0.2) is 47.0 Å². The van der Waals surface area contributed by atoms with Crippen molar-refractivity contribution >= 4 is 40.8 Å². The summed E-state index contributed by atoms with van der Waals surface area (Å²) in [5, 5.41) is 7.39. The van der Waals surface area contributed by atoms with Crippen molar-refractivity contribution in [1.82, 2.24) is 5.16 Å². The van der Waals surface area contributed by atoms with Crippen molar-refractivity contribution in [3.63, 3.8) is 0 Å². The van der Waals surface area contributed by atoms with Crippen molar-refractivity contribution in [2.75, 3.05) is 11.9 Å². The quantitative estimate of drug-likeness (QED) is 0.561. The fraction of sp³-hybridized carbons (Fsp3) is 0.150. The molecule has 1 heterocycles. The van der Waals surface area contributed by atoms with E-state index in [1.54, 1.807) is 50.2 Å². The van der Waals surface area contributed by atoms with E-state index >= 15 is 0 Å². The molecular formula is C20H16Cl2N2O4. The standard InChI is InChI=1S/C20H16Cl2N2O4/c1-3-27-20(26)12-6-4-7-13(10-12)23-19(25)16-11(2)28-24-18(16)17-14(21)8-5-9-15(17)22/h4-10H,3H2,1-2H3,(H,23,25). The number of benzene rings is 2. The number of ether oxygens (including phenoxy) is 1. The predicted molar refractivity (Wildman–Crippen MR) is 107 cm³/mol. The molecule has 0 saturated carbocycles. The van der Waals surface area contributed by atoms with Crippen LogP contribution in [0.2, 0.25) is 10.0 Å². The van der Waals surface area contributed by atoms with Gasteiger partial charge in [0.1, 0.15) is 17.0 Å². The van der Waals surface area contributed by atoms with E-state index in [1.165, 1.54) is 6.07 Å². The number of halogens is 2. The summed E-state index contributed by atoms with van der Waals surface area (Å²) in [5.74, 6) is -0.626. The Balaban J connectivity index is 1.94. The van der Waals surface area contributed by atoms with Gasteiger partial charge in [0, 0.05) is 11.3 Å².